The summed E-state index contributed by atoms with van der Waals surface area (Å²) in [7, 11) is -3.44. The summed E-state index contributed by atoms with van der Waals surface area (Å²) >= 11 is 0. The maximum atomic E-state index is 12.1. The summed E-state index contributed by atoms with van der Waals surface area (Å²) in [5.74, 6) is 0.315. The normalized spacial score (nSPS) is 11.1. The van der Waals surface area contributed by atoms with Crippen LogP contribution < -0.4 is 14.4 Å². The number of amides is 1. The van der Waals surface area contributed by atoms with Crippen molar-refractivity contribution < 1.29 is 17.9 Å². The minimum absolute atomic E-state index is 0.118. The van der Waals surface area contributed by atoms with Crippen molar-refractivity contribution in [1.82, 2.24) is 5.32 Å². The topological polar surface area (TPSA) is 75.7 Å². The lowest BCUT2D eigenvalue weighted by atomic mass is 10.1. The Morgan fingerprint density at radius 1 is 1.07 bits per heavy atom. The number of ether oxygens (including phenoxy) is 1. The second kappa shape index (κ2) is 9.41. The largest absolute Gasteiger partial charge is 0.484 e. The highest BCUT2D eigenvalue weighted by Gasteiger charge is 2.17. The molecule has 2 rings (SSSR count). The van der Waals surface area contributed by atoms with Crippen LogP contribution in [-0.2, 0) is 21.2 Å². The molecule has 0 atom stereocenters. The van der Waals surface area contributed by atoms with Gasteiger partial charge < -0.3 is 10.1 Å². The van der Waals surface area contributed by atoms with E-state index in [0.717, 1.165) is 23.8 Å². The van der Waals surface area contributed by atoms with Gasteiger partial charge >= 0.3 is 0 Å². The first kappa shape index (κ1) is 20.8. The van der Waals surface area contributed by atoms with Crippen molar-refractivity contribution in [3.8, 4) is 5.75 Å². The number of nitrogens with zero attached hydrogens (tertiary/aromatic N) is 1. The van der Waals surface area contributed by atoms with Gasteiger partial charge in [0.2, 0.25) is 10.0 Å². The molecule has 1 N–H and O–H groups in total. The quantitative estimate of drug-likeness (QED) is 0.714. The molecule has 0 bridgehead atoms. The van der Waals surface area contributed by atoms with Gasteiger partial charge in [0.05, 0.1) is 18.5 Å². The highest BCUT2D eigenvalue weighted by Crippen LogP contribution is 2.18. The first-order chi connectivity index (χ1) is 12.8. The molecule has 0 aromatic heterocycles. The number of carbonyl (C=O) groups excluding carboxylic acids is 1. The Hall–Kier alpha value is -2.54. The summed E-state index contributed by atoms with van der Waals surface area (Å²) in [5.41, 5.74) is 2.83. The van der Waals surface area contributed by atoms with E-state index in [9.17, 15) is 13.2 Å². The zero-order chi connectivity index (χ0) is 19.9. The van der Waals surface area contributed by atoms with E-state index < -0.39 is 10.0 Å². The van der Waals surface area contributed by atoms with Crippen LogP contribution >= 0.6 is 0 Å². The predicted molar refractivity (Wildman–Crippen MR) is 108 cm³/mol. The summed E-state index contributed by atoms with van der Waals surface area (Å²) in [6.07, 6.45) is 2.04. The Morgan fingerprint density at radius 3 is 2.26 bits per heavy atom. The van der Waals surface area contributed by atoms with Crippen molar-refractivity contribution in [3.63, 3.8) is 0 Å². The third kappa shape index (κ3) is 6.60. The SMILES string of the molecule is CCc1ccc(N(CCNC(=O)COc2ccc(C)cc2)S(C)(=O)=O)cc1. The van der Waals surface area contributed by atoms with E-state index in [1.807, 2.05) is 38.1 Å². The van der Waals surface area contributed by atoms with Gasteiger partial charge in [-0.05, 0) is 43.2 Å². The van der Waals surface area contributed by atoms with Gasteiger partial charge in [0.25, 0.3) is 5.91 Å². The molecule has 0 aliphatic rings. The summed E-state index contributed by atoms with van der Waals surface area (Å²) in [4.78, 5) is 11.9. The standard InChI is InChI=1S/C20H26N2O4S/c1-4-17-7-9-18(10-8-17)22(27(3,24)25)14-13-21-20(23)15-26-19-11-5-16(2)6-12-19/h5-12H,4,13-15H2,1-3H3,(H,21,23). The van der Waals surface area contributed by atoms with Gasteiger partial charge in [0.1, 0.15) is 5.75 Å². The van der Waals surface area contributed by atoms with Gasteiger partial charge in [-0.15, -0.1) is 0 Å². The third-order valence-corrected chi connectivity index (χ3v) is 5.25. The van der Waals surface area contributed by atoms with E-state index in [1.54, 1.807) is 24.3 Å². The lowest BCUT2D eigenvalue weighted by Crippen LogP contribution is -2.39. The fourth-order valence-corrected chi connectivity index (χ4v) is 3.44. The Labute approximate surface area is 161 Å². The summed E-state index contributed by atoms with van der Waals surface area (Å²) < 4.78 is 30.9. The fraction of sp³-hybridized carbons (Fsp3) is 0.350. The van der Waals surface area contributed by atoms with Gasteiger partial charge in [-0.1, -0.05) is 36.8 Å². The van der Waals surface area contributed by atoms with E-state index in [-0.39, 0.29) is 25.6 Å². The van der Waals surface area contributed by atoms with E-state index in [1.165, 1.54) is 4.31 Å². The molecule has 2 aromatic rings. The van der Waals surface area contributed by atoms with Crippen molar-refractivity contribution in [2.45, 2.75) is 20.3 Å². The molecular formula is C20H26N2O4S. The lowest BCUT2D eigenvalue weighted by Gasteiger charge is -2.22. The van der Waals surface area contributed by atoms with Gasteiger partial charge in [-0.25, -0.2) is 8.42 Å². The van der Waals surface area contributed by atoms with Crippen molar-refractivity contribution >= 4 is 21.6 Å². The summed E-state index contributed by atoms with van der Waals surface area (Å²) in [5, 5.41) is 2.69. The second-order valence-corrected chi connectivity index (χ2v) is 8.21. The smallest absolute Gasteiger partial charge is 0.258 e. The molecule has 2 aromatic carbocycles. The minimum Gasteiger partial charge on any atom is -0.484 e. The molecule has 146 valence electrons. The molecule has 0 spiro atoms. The van der Waals surface area contributed by atoms with Crippen LogP contribution in [0.2, 0.25) is 0 Å². The molecule has 0 saturated carbocycles. The maximum Gasteiger partial charge on any atom is 0.258 e. The molecule has 0 unspecified atom stereocenters. The van der Waals surface area contributed by atoms with Crippen LogP contribution in [0.5, 0.6) is 5.75 Å². The third-order valence-electron chi connectivity index (χ3n) is 4.06. The zero-order valence-electron chi connectivity index (χ0n) is 15.9. The van der Waals surface area contributed by atoms with E-state index >= 15 is 0 Å². The molecule has 0 radical (unpaired) electrons. The molecule has 1 amide bonds. The number of benzene rings is 2. The monoisotopic (exact) mass is 390 g/mol. The van der Waals surface area contributed by atoms with E-state index in [2.05, 4.69) is 5.32 Å². The van der Waals surface area contributed by atoms with E-state index in [0.29, 0.717) is 11.4 Å². The molecular weight excluding hydrogens is 364 g/mol. The number of hydrogen-bond acceptors (Lipinski definition) is 4. The summed E-state index contributed by atoms with van der Waals surface area (Å²) in [6, 6.07) is 14.8. The van der Waals surface area contributed by atoms with Crippen LogP contribution in [0, 0.1) is 6.92 Å². The number of rotatable bonds is 9. The van der Waals surface area contributed by atoms with Gasteiger partial charge in [0.15, 0.2) is 6.61 Å². The molecule has 7 heteroatoms. The molecule has 6 nitrogen and oxygen atoms in total. The first-order valence-electron chi connectivity index (χ1n) is 8.82. The first-order valence-corrected chi connectivity index (χ1v) is 10.7. The second-order valence-electron chi connectivity index (χ2n) is 6.31. The van der Waals surface area contributed by atoms with Crippen molar-refractivity contribution in [2.75, 3.05) is 30.3 Å². The number of nitrogens with one attached hydrogen (secondary N) is 1. The molecule has 0 aliphatic carbocycles. The number of hydrogen-bond donors (Lipinski definition) is 1. The summed E-state index contributed by atoms with van der Waals surface area (Å²) in [6.45, 7) is 4.24. The number of anilines is 1. The molecule has 0 saturated heterocycles. The van der Waals surface area contributed by atoms with Gasteiger partial charge in [-0.3, -0.25) is 9.10 Å². The Morgan fingerprint density at radius 2 is 1.70 bits per heavy atom. The van der Waals surface area contributed by atoms with E-state index in [4.69, 9.17) is 4.74 Å². The average molecular weight is 391 g/mol. The van der Waals surface area contributed by atoms with Crippen LogP contribution in [-0.4, -0.2) is 40.3 Å². The number of carbonyl (C=O) groups is 1. The maximum absolute atomic E-state index is 12.1. The van der Waals surface area contributed by atoms with Crippen molar-refractivity contribution in [3.05, 3.63) is 59.7 Å². The molecule has 0 heterocycles. The van der Waals surface area contributed by atoms with Crippen LogP contribution in [0.1, 0.15) is 18.1 Å². The Kier molecular flexibility index (Phi) is 7.24. The molecule has 0 aliphatic heterocycles. The van der Waals surface area contributed by atoms with Crippen molar-refractivity contribution in [2.24, 2.45) is 0 Å². The minimum atomic E-state index is -3.44. The van der Waals surface area contributed by atoms with Gasteiger partial charge in [0, 0.05) is 6.54 Å². The Balaban J connectivity index is 1.87. The van der Waals surface area contributed by atoms with Crippen LogP contribution in [0.3, 0.4) is 0 Å². The van der Waals surface area contributed by atoms with Gasteiger partial charge in [-0.2, -0.15) is 0 Å². The number of aryl methyl sites for hydroxylation is 2. The van der Waals surface area contributed by atoms with Crippen LogP contribution in [0.25, 0.3) is 0 Å². The number of sulfonamides is 1. The average Bonchev–Trinajstić information content (AvgIpc) is 2.64. The molecule has 27 heavy (non-hydrogen) atoms. The highest BCUT2D eigenvalue weighted by molar-refractivity contribution is 7.92. The highest BCUT2D eigenvalue weighted by atomic mass is 32.2. The molecule has 0 fully saturated rings. The van der Waals surface area contributed by atoms with Crippen molar-refractivity contribution in [1.29, 1.82) is 0 Å². The zero-order valence-corrected chi connectivity index (χ0v) is 16.8. The lowest BCUT2D eigenvalue weighted by molar-refractivity contribution is -0.123. The Bertz CT molecular complexity index is 847. The van der Waals surface area contributed by atoms with Crippen LogP contribution in [0.15, 0.2) is 48.5 Å². The fourth-order valence-electron chi connectivity index (χ4n) is 2.52. The van der Waals surface area contributed by atoms with Crippen LogP contribution in [0.4, 0.5) is 5.69 Å². The predicted octanol–water partition coefficient (Wildman–Crippen LogP) is 2.52.